The van der Waals surface area contributed by atoms with Crippen molar-refractivity contribution in [2.24, 2.45) is 0 Å². The first-order valence-corrected chi connectivity index (χ1v) is 9.27. The number of hydrogen-bond donors (Lipinski definition) is 3. The number of benzene rings is 2. The fourth-order valence-electron chi connectivity index (χ4n) is 2.11. The maximum absolute atomic E-state index is 12.6. The van der Waals surface area contributed by atoms with E-state index in [9.17, 15) is 31.2 Å². The second-order valence-electron chi connectivity index (χ2n) is 5.60. The predicted molar refractivity (Wildman–Crippen MR) is 93.3 cm³/mol. The van der Waals surface area contributed by atoms with Crippen LogP contribution in [0.25, 0.3) is 0 Å². The zero-order valence-electron chi connectivity index (χ0n) is 14.2. The van der Waals surface area contributed by atoms with Crippen LogP contribution in [0.4, 0.5) is 18.9 Å². The highest BCUT2D eigenvalue weighted by Gasteiger charge is 2.30. The number of aliphatic carboxylic acids is 1. The van der Waals surface area contributed by atoms with Gasteiger partial charge in [0, 0.05) is 17.8 Å². The van der Waals surface area contributed by atoms with Crippen molar-refractivity contribution in [2.45, 2.75) is 17.5 Å². The largest absolute Gasteiger partial charge is 0.481 e. The summed E-state index contributed by atoms with van der Waals surface area (Å²) in [4.78, 5) is 21.9. The van der Waals surface area contributed by atoms with Gasteiger partial charge >= 0.3 is 12.1 Å². The van der Waals surface area contributed by atoms with Crippen LogP contribution in [-0.2, 0) is 21.0 Å². The number of alkyl halides is 3. The van der Waals surface area contributed by atoms with Crippen LogP contribution >= 0.6 is 0 Å². The topological polar surface area (TPSA) is 113 Å². The van der Waals surface area contributed by atoms with Gasteiger partial charge in [0.25, 0.3) is 15.9 Å². The molecule has 2 aromatic carbocycles. The molecule has 7 nitrogen and oxygen atoms in total. The summed E-state index contributed by atoms with van der Waals surface area (Å²) >= 11 is 0. The van der Waals surface area contributed by atoms with Crippen LogP contribution in [0.15, 0.2) is 53.4 Å². The summed E-state index contributed by atoms with van der Waals surface area (Å²) in [5.41, 5.74) is -0.686. The van der Waals surface area contributed by atoms with E-state index in [-0.39, 0.29) is 29.1 Å². The van der Waals surface area contributed by atoms with Gasteiger partial charge in [0.1, 0.15) is 0 Å². The van der Waals surface area contributed by atoms with Crippen molar-refractivity contribution in [3.8, 4) is 0 Å². The molecule has 150 valence electrons. The minimum Gasteiger partial charge on any atom is -0.481 e. The third-order valence-electron chi connectivity index (χ3n) is 3.52. The molecule has 0 heterocycles. The summed E-state index contributed by atoms with van der Waals surface area (Å²) in [6.07, 6.45) is -4.81. The van der Waals surface area contributed by atoms with E-state index in [0.717, 1.165) is 12.1 Å². The Morgan fingerprint density at radius 2 is 1.54 bits per heavy atom. The molecule has 0 saturated heterocycles. The Bertz CT molecular complexity index is 956. The van der Waals surface area contributed by atoms with Gasteiger partial charge in [-0.05, 0) is 48.5 Å². The van der Waals surface area contributed by atoms with E-state index in [4.69, 9.17) is 5.11 Å². The number of rotatable bonds is 7. The van der Waals surface area contributed by atoms with Gasteiger partial charge < -0.3 is 10.4 Å². The summed E-state index contributed by atoms with van der Waals surface area (Å²) in [5, 5.41) is 10.9. The lowest BCUT2D eigenvalue weighted by molar-refractivity contribution is -0.138. The Morgan fingerprint density at radius 1 is 0.964 bits per heavy atom. The molecule has 0 saturated carbocycles. The van der Waals surface area contributed by atoms with E-state index in [0.29, 0.717) is 12.1 Å². The van der Waals surface area contributed by atoms with Gasteiger partial charge in [-0.3, -0.25) is 14.3 Å². The lowest BCUT2D eigenvalue weighted by Crippen LogP contribution is -2.25. The Kier molecular flexibility index (Phi) is 6.29. The molecule has 0 unspecified atom stereocenters. The maximum atomic E-state index is 12.6. The van der Waals surface area contributed by atoms with Crippen LogP contribution in [0.2, 0.25) is 0 Å². The van der Waals surface area contributed by atoms with Crippen molar-refractivity contribution in [1.82, 2.24) is 5.32 Å². The van der Waals surface area contributed by atoms with Crippen molar-refractivity contribution in [3.05, 3.63) is 59.7 Å². The first-order chi connectivity index (χ1) is 13.0. The quantitative estimate of drug-likeness (QED) is 0.643. The SMILES string of the molecule is O=C(O)CCNC(=O)c1ccc(NS(=O)(=O)c2ccc(C(F)(F)F)cc2)cc1. The van der Waals surface area contributed by atoms with Gasteiger partial charge in [-0.25, -0.2) is 8.42 Å². The van der Waals surface area contributed by atoms with E-state index < -0.39 is 33.6 Å². The number of halogens is 3. The van der Waals surface area contributed by atoms with Crippen molar-refractivity contribution in [3.63, 3.8) is 0 Å². The summed E-state index contributed by atoms with van der Waals surface area (Å²) in [6.45, 7) is -0.0591. The Labute approximate surface area is 158 Å². The van der Waals surface area contributed by atoms with Gasteiger partial charge in [0.2, 0.25) is 0 Å². The van der Waals surface area contributed by atoms with Crippen LogP contribution in [0.5, 0.6) is 0 Å². The van der Waals surface area contributed by atoms with E-state index in [1.165, 1.54) is 24.3 Å². The Morgan fingerprint density at radius 3 is 2.04 bits per heavy atom. The first-order valence-electron chi connectivity index (χ1n) is 7.79. The molecule has 2 rings (SSSR count). The van der Waals surface area contributed by atoms with E-state index in [1.54, 1.807) is 0 Å². The number of sulfonamides is 1. The highest BCUT2D eigenvalue weighted by molar-refractivity contribution is 7.92. The van der Waals surface area contributed by atoms with Crippen LogP contribution < -0.4 is 10.0 Å². The minimum atomic E-state index is -4.57. The van der Waals surface area contributed by atoms with Crippen molar-refractivity contribution in [2.75, 3.05) is 11.3 Å². The molecule has 3 N–H and O–H groups in total. The van der Waals surface area contributed by atoms with Gasteiger partial charge in [-0.15, -0.1) is 0 Å². The average molecular weight is 416 g/mol. The lowest BCUT2D eigenvalue weighted by atomic mass is 10.2. The molecule has 0 bridgehead atoms. The smallest absolute Gasteiger partial charge is 0.416 e. The summed E-state index contributed by atoms with van der Waals surface area (Å²) < 4.78 is 64.4. The number of nitrogens with one attached hydrogen (secondary N) is 2. The molecule has 28 heavy (non-hydrogen) atoms. The molecule has 0 aliphatic carbocycles. The van der Waals surface area contributed by atoms with E-state index in [1.807, 2.05) is 0 Å². The number of anilines is 1. The lowest BCUT2D eigenvalue weighted by Gasteiger charge is -2.11. The molecule has 0 aromatic heterocycles. The Hall–Kier alpha value is -3.08. The summed E-state index contributed by atoms with van der Waals surface area (Å²) in [5.74, 6) is -1.59. The molecule has 0 aliphatic rings. The number of carbonyl (C=O) groups excluding carboxylic acids is 1. The van der Waals surface area contributed by atoms with E-state index in [2.05, 4.69) is 10.0 Å². The van der Waals surface area contributed by atoms with Crippen molar-refractivity contribution in [1.29, 1.82) is 0 Å². The highest BCUT2D eigenvalue weighted by Crippen LogP contribution is 2.30. The van der Waals surface area contributed by atoms with Crippen LogP contribution in [0.3, 0.4) is 0 Å². The van der Waals surface area contributed by atoms with Crippen LogP contribution in [0.1, 0.15) is 22.3 Å². The normalized spacial score (nSPS) is 11.7. The monoisotopic (exact) mass is 416 g/mol. The molecule has 0 fully saturated rings. The van der Waals surface area contributed by atoms with Gasteiger partial charge in [0.05, 0.1) is 16.9 Å². The first kappa shape index (κ1) is 21.2. The van der Waals surface area contributed by atoms with Gasteiger partial charge in [0.15, 0.2) is 0 Å². The molecule has 1 amide bonds. The number of amides is 1. The summed E-state index contributed by atoms with van der Waals surface area (Å²) in [7, 11) is -4.12. The molecular formula is C17H15F3N2O5S. The number of carbonyl (C=O) groups is 2. The molecule has 0 aliphatic heterocycles. The molecule has 0 radical (unpaired) electrons. The second kappa shape index (κ2) is 8.30. The average Bonchev–Trinajstić information content (AvgIpc) is 2.61. The molecular weight excluding hydrogens is 401 g/mol. The maximum Gasteiger partial charge on any atom is 0.416 e. The van der Waals surface area contributed by atoms with Crippen molar-refractivity contribution < 1.29 is 36.3 Å². The van der Waals surface area contributed by atoms with Gasteiger partial charge in [-0.2, -0.15) is 13.2 Å². The summed E-state index contributed by atoms with van der Waals surface area (Å²) in [6, 6.07) is 8.26. The zero-order valence-corrected chi connectivity index (χ0v) is 15.0. The standard InChI is InChI=1S/C17H15F3N2O5S/c18-17(19,20)12-3-7-14(8-4-12)28(26,27)22-13-5-1-11(2-6-13)16(25)21-10-9-15(23)24/h1-8,22H,9-10H2,(H,21,25)(H,23,24). The Balaban J connectivity index is 2.06. The number of carboxylic acids is 1. The predicted octanol–water partition coefficient (Wildman–Crippen LogP) is 2.71. The fraction of sp³-hybridized carbons (Fsp3) is 0.176. The third-order valence-corrected chi connectivity index (χ3v) is 4.91. The molecule has 0 atom stereocenters. The third kappa shape index (κ3) is 5.71. The van der Waals surface area contributed by atoms with E-state index >= 15 is 0 Å². The number of carboxylic acid groups (broad SMARTS) is 1. The fourth-order valence-corrected chi connectivity index (χ4v) is 3.17. The minimum absolute atomic E-state index is 0.0591. The number of hydrogen-bond acceptors (Lipinski definition) is 4. The zero-order chi connectivity index (χ0) is 20.9. The molecule has 2 aromatic rings. The van der Waals surface area contributed by atoms with Crippen LogP contribution in [0, 0.1) is 0 Å². The molecule has 11 heteroatoms. The molecule has 0 spiro atoms. The highest BCUT2D eigenvalue weighted by atomic mass is 32.2. The van der Waals surface area contributed by atoms with Crippen LogP contribution in [-0.4, -0.2) is 31.9 Å². The van der Waals surface area contributed by atoms with Gasteiger partial charge in [-0.1, -0.05) is 0 Å². The van der Waals surface area contributed by atoms with Crippen molar-refractivity contribution >= 4 is 27.6 Å². The second-order valence-corrected chi connectivity index (χ2v) is 7.29.